The predicted octanol–water partition coefficient (Wildman–Crippen LogP) is 3.07. The minimum atomic E-state index is -0.225. The molecule has 3 aromatic rings. The molecular formula is C22H26N4O3. The fraction of sp³-hybridized carbons (Fsp3) is 0.364. The molecule has 7 heteroatoms. The number of carbonyl (C=O) groups excluding carboxylic acids is 1. The number of ether oxygens (including phenoxy) is 2. The average molecular weight is 394 g/mol. The molecule has 1 amide bonds. The molecule has 1 aromatic heterocycles. The number of amides is 1. The quantitative estimate of drug-likeness (QED) is 0.651. The van der Waals surface area contributed by atoms with Crippen LogP contribution in [0.3, 0.4) is 0 Å². The Kier molecular flexibility index (Phi) is 5.95. The van der Waals surface area contributed by atoms with Gasteiger partial charge >= 0.3 is 12.0 Å². The number of aromatic nitrogens is 2. The van der Waals surface area contributed by atoms with Gasteiger partial charge in [-0.2, -0.15) is 4.98 Å². The number of morpholine rings is 1. The number of benzene rings is 2. The van der Waals surface area contributed by atoms with E-state index in [1.807, 2.05) is 36.4 Å². The van der Waals surface area contributed by atoms with Crippen LogP contribution in [0.2, 0.25) is 0 Å². The fourth-order valence-electron chi connectivity index (χ4n) is 3.61. The third-order valence-electron chi connectivity index (χ3n) is 5.13. The van der Waals surface area contributed by atoms with Crippen molar-refractivity contribution in [1.29, 1.82) is 0 Å². The van der Waals surface area contributed by atoms with Crippen molar-refractivity contribution in [2.45, 2.75) is 12.8 Å². The largest absolute Gasteiger partial charge is 0.468 e. The van der Waals surface area contributed by atoms with E-state index >= 15 is 0 Å². The lowest BCUT2D eigenvalue weighted by atomic mass is 10.1. The van der Waals surface area contributed by atoms with E-state index in [1.54, 1.807) is 0 Å². The number of aryl methyl sites for hydroxylation is 1. The Morgan fingerprint density at radius 1 is 1.17 bits per heavy atom. The molecule has 0 saturated carbocycles. The maximum Gasteiger partial charge on any atom is 0.330 e. The normalized spacial score (nSPS) is 14.2. The Morgan fingerprint density at radius 3 is 2.72 bits per heavy atom. The van der Waals surface area contributed by atoms with Gasteiger partial charge in [-0.3, -0.25) is 0 Å². The second kappa shape index (κ2) is 8.96. The van der Waals surface area contributed by atoms with Gasteiger partial charge in [0.2, 0.25) is 0 Å². The highest BCUT2D eigenvalue weighted by atomic mass is 16.5. The molecule has 1 N–H and O–H groups in total. The Balaban J connectivity index is 1.46. The first-order valence-corrected chi connectivity index (χ1v) is 9.97. The maximum atomic E-state index is 12.8. The molecule has 7 nitrogen and oxygen atoms in total. The molecule has 0 aliphatic carbocycles. The number of nitrogens with one attached hydrogen (secondary N) is 1. The molecule has 29 heavy (non-hydrogen) atoms. The van der Waals surface area contributed by atoms with Crippen molar-refractivity contribution in [3.05, 3.63) is 54.1 Å². The number of carbonyl (C=O) groups is 1. The zero-order chi connectivity index (χ0) is 20.1. The average Bonchev–Trinajstić information content (AvgIpc) is 3.16. The molecule has 1 saturated heterocycles. The predicted molar refractivity (Wildman–Crippen MR) is 113 cm³/mol. The number of methoxy groups -OCH3 is 1. The Hall–Kier alpha value is -3.06. The number of hydrogen-bond donors (Lipinski definition) is 1. The second-order valence-electron chi connectivity index (χ2n) is 7.03. The van der Waals surface area contributed by atoms with Crippen LogP contribution < -0.4 is 15.0 Å². The number of hydrogen-bond acceptors (Lipinski definition) is 5. The lowest BCUT2D eigenvalue weighted by molar-refractivity contribution is 0.122. The van der Waals surface area contributed by atoms with Crippen molar-refractivity contribution in [1.82, 2.24) is 14.9 Å². The summed E-state index contributed by atoms with van der Waals surface area (Å²) in [6, 6.07) is 16.3. The van der Waals surface area contributed by atoms with Crippen molar-refractivity contribution >= 4 is 22.8 Å². The van der Waals surface area contributed by atoms with Gasteiger partial charge in [0.25, 0.3) is 0 Å². The van der Waals surface area contributed by atoms with Crippen molar-refractivity contribution < 1.29 is 14.3 Å². The van der Waals surface area contributed by atoms with E-state index in [9.17, 15) is 4.79 Å². The number of fused-ring (bicyclic) bond motifs is 1. The summed E-state index contributed by atoms with van der Waals surface area (Å²) in [5.41, 5.74) is 3.82. The summed E-state index contributed by atoms with van der Waals surface area (Å²) in [5.74, 6) is 0. The summed E-state index contributed by atoms with van der Waals surface area (Å²) in [6.45, 7) is 3.74. The lowest BCUT2D eigenvalue weighted by Gasteiger charge is -2.28. The van der Waals surface area contributed by atoms with Crippen LogP contribution in [0.1, 0.15) is 12.0 Å². The van der Waals surface area contributed by atoms with Gasteiger partial charge in [-0.15, -0.1) is 0 Å². The summed E-state index contributed by atoms with van der Waals surface area (Å²) in [4.78, 5) is 19.6. The summed E-state index contributed by atoms with van der Waals surface area (Å²) in [6.07, 6.45) is 1.79. The molecule has 152 valence electrons. The van der Waals surface area contributed by atoms with Crippen LogP contribution in [0.5, 0.6) is 6.01 Å². The summed E-state index contributed by atoms with van der Waals surface area (Å²) < 4.78 is 12.3. The summed E-state index contributed by atoms with van der Waals surface area (Å²) in [7, 11) is 1.53. The Morgan fingerprint density at radius 2 is 1.97 bits per heavy atom. The van der Waals surface area contributed by atoms with Gasteiger partial charge in [-0.1, -0.05) is 30.3 Å². The van der Waals surface area contributed by atoms with Crippen molar-refractivity contribution in [3.63, 3.8) is 0 Å². The second-order valence-corrected chi connectivity index (χ2v) is 7.03. The first-order valence-electron chi connectivity index (χ1n) is 9.97. The highest BCUT2D eigenvalue weighted by Gasteiger charge is 2.19. The van der Waals surface area contributed by atoms with Gasteiger partial charge < -0.3 is 19.7 Å². The van der Waals surface area contributed by atoms with Crippen molar-refractivity contribution in [3.8, 4) is 6.01 Å². The van der Waals surface area contributed by atoms with E-state index < -0.39 is 0 Å². The van der Waals surface area contributed by atoms with E-state index in [0.29, 0.717) is 12.6 Å². The molecular weight excluding hydrogens is 368 g/mol. The molecule has 2 heterocycles. The van der Waals surface area contributed by atoms with Gasteiger partial charge in [0.05, 0.1) is 31.4 Å². The van der Waals surface area contributed by atoms with Gasteiger partial charge in [-0.25, -0.2) is 9.36 Å². The molecule has 1 aliphatic rings. The first-order chi connectivity index (χ1) is 14.3. The van der Waals surface area contributed by atoms with Crippen LogP contribution in [-0.2, 0) is 11.2 Å². The smallest absolute Gasteiger partial charge is 0.330 e. The monoisotopic (exact) mass is 394 g/mol. The number of rotatable bonds is 6. The summed E-state index contributed by atoms with van der Waals surface area (Å²) >= 11 is 0. The van der Waals surface area contributed by atoms with E-state index in [-0.39, 0.29) is 6.03 Å². The molecule has 2 aromatic carbocycles. The van der Waals surface area contributed by atoms with E-state index in [0.717, 1.165) is 55.9 Å². The minimum absolute atomic E-state index is 0.225. The minimum Gasteiger partial charge on any atom is -0.468 e. The maximum absolute atomic E-state index is 12.8. The van der Waals surface area contributed by atoms with Crippen LogP contribution in [-0.4, -0.2) is 55.5 Å². The third kappa shape index (κ3) is 4.35. The third-order valence-corrected chi connectivity index (χ3v) is 5.13. The standard InChI is InChI=1S/C22H26N4O3/c1-28-22-24-19-16-18(25-12-14-29-15-13-25)9-10-20(19)26(22)21(27)23-11-5-8-17-6-3-2-4-7-17/h2-4,6-7,9-10,16H,5,8,11-15H2,1H3,(H,23,27). The molecule has 1 aliphatic heterocycles. The van der Waals surface area contributed by atoms with Gasteiger partial charge in [-0.05, 0) is 36.6 Å². The van der Waals surface area contributed by atoms with Crippen LogP contribution in [0.25, 0.3) is 11.0 Å². The fourth-order valence-corrected chi connectivity index (χ4v) is 3.61. The Bertz CT molecular complexity index is 965. The number of nitrogens with zero attached hydrogens (tertiary/aromatic N) is 3. The van der Waals surface area contributed by atoms with Crippen molar-refractivity contribution in [2.75, 3.05) is 44.9 Å². The molecule has 0 spiro atoms. The van der Waals surface area contributed by atoms with Crippen LogP contribution in [0, 0.1) is 0 Å². The summed E-state index contributed by atoms with van der Waals surface area (Å²) in [5, 5.41) is 2.98. The van der Waals surface area contributed by atoms with E-state index in [1.165, 1.54) is 17.2 Å². The SMILES string of the molecule is COc1nc2cc(N3CCOCC3)ccc2n1C(=O)NCCCc1ccccc1. The molecule has 0 bridgehead atoms. The Labute approximate surface area is 170 Å². The van der Waals surface area contributed by atoms with E-state index in [4.69, 9.17) is 9.47 Å². The van der Waals surface area contributed by atoms with Crippen LogP contribution in [0.15, 0.2) is 48.5 Å². The molecule has 0 radical (unpaired) electrons. The number of anilines is 1. The van der Waals surface area contributed by atoms with E-state index in [2.05, 4.69) is 27.3 Å². The highest BCUT2D eigenvalue weighted by molar-refractivity contribution is 5.92. The zero-order valence-corrected chi connectivity index (χ0v) is 16.6. The zero-order valence-electron chi connectivity index (χ0n) is 16.6. The van der Waals surface area contributed by atoms with Crippen molar-refractivity contribution in [2.24, 2.45) is 0 Å². The molecule has 1 fully saturated rings. The molecule has 0 unspecified atom stereocenters. The first kappa shape index (κ1) is 19.3. The van der Waals surface area contributed by atoms with Crippen LogP contribution >= 0.6 is 0 Å². The lowest BCUT2D eigenvalue weighted by Crippen LogP contribution is -2.36. The molecule has 0 atom stereocenters. The van der Waals surface area contributed by atoms with Gasteiger partial charge in [0, 0.05) is 25.3 Å². The topological polar surface area (TPSA) is 68.6 Å². The number of imidazole rings is 1. The molecule has 4 rings (SSSR count). The van der Waals surface area contributed by atoms with Gasteiger partial charge in [0.15, 0.2) is 0 Å². The highest BCUT2D eigenvalue weighted by Crippen LogP contribution is 2.26. The van der Waals surface area contributed by atoms with Crippen LogP contribution in [0.4, 0.5) is 10.5 Å². The van der Waals surface area contributed by atoms with Gasteiger partial charge in [0.1, 0.15) is 0 Å².